The Labute approximate surface area is 131 Å². The quantitative estimate of drug-likeness (QED) is 0.865. The smallest absolute Gasteiger partial charge is 0.244 e. The van der Waals surface area contributed by atoms with Gasteiger partial charge in [0.15, 0.2) is 0 Å². The second-order valence-electron chi connectivity index (χ2n) is 5.08. The number of nitrogens with two attached hydrogens (primary N) is 1. The third-order valence-corrected chi connectivity index (χ3v) is 6.06. The molecule has 0 amide bonds. The minimum absolute atomic E-state index is 0.152. The highest BCUT2D eigenvalue weighted by Crippen LogP contribution is 2.30. The minimum Gasteiger partial charge on any atom is -0.320 e. The number of hydrogen-bond donors (Lipinski definition) is 1. The molecular formula is C15H19ClN2O2S. The van der Waals surface area contributed by atoms with Crippen LogP contribution in [0.1, 0.15) is 25.3 Å². The van der Waals surface area contributed by atoms with Crippen LogP contribution in [0.3, 0.4) is 0 Å². The summed E-state index contributed by atoms with van der Waals surface area (Å²) < 4.78 is 26.8. The van der Waals surface area contributed by atoms with Crippen molar-refractivity contribution in [2.24, 2.45) is 11.7 Å². The maximum atomic E-state index is 12.6. The Bertz CT molecular complexity index is 677. The van der Waals surface area contributed by atoms with E-state index in [1.54, 1.807) is 12.1 Å². The first-order chi connectivity index (χ1) is 9.98. The molecule has 0 bridgehead atoms. The third-order valence-electron chi connectivity index (χ3n) is 3.71. The van der Waals surface area contributed by atoms with Crippen molar-refractivity contribution in [3.8, 4) is 11.8 Å². The van der Waals surface area contributed by atoms with Crippen molar-refractivity contribution in [2.45, 2.75) is 24.7 Å². The predicted octanol–water partition coefficient (Wildman–Crippen LogP) is 2.07. The molecule has 1 aromatic rings. The lowest BCUT2D eigenvalue weighted by atomic mass is 10.1. The molecule has 114 valence electrons. The number of benzene rings is 1. The minimum atomic E-state index is -3.52. The van der Waals surface area contributed by atoms with Crippen molar-refractivity contribution < 1.29 is 8.42 Å². The SMILES string of the molecule is CCC1CCN(S(=O)(=O)c2ccc(C#CCN)cc2Cl)C1. The monoisotopic (exact) mass is 326 g/mol. The summed E-state index contributed by atoms with van der Waals surface area (Å²) in [4.78, 5) is 0.152. The Balaban J connectivity index is 2.29. The van der Waals surface area contributed by atoms with Crippen molar-refractivity contribution in [1.82, 2.24) is 4.31 Å². The normalized spacial score (nSPS) is 19.3. The molecule has 0 spiro atoms. The summed E-state index contributed by atoms with van der Waals surface area (Å²) in [6, 6.07) is 4.76. The molecule has 1 aliphatic heterocycles. The van der Waals surface area contributed by atoms with Gasteiger partial charge in [-0.3, -0.25) is 0 Å². The summed E-state index contributed by atoms with van der Waals surface area (Å²) in [5.41, 5.74) is 5.98. The molecule has 2 rings (SSSR count). The maximum Gasteiger partial charge on any atom is 0.244 e. The van der Waals surface area contributed by atoms with Crippen molar-refractivity contribution >= 4 is 21.6 Å². The lowest BCUT2D eigenvalue weighted by Crippen LogP contribution is -2.29. The molecule has 1 unspecified atom stereocenters. The summed E-state index contributed by atoms with van der Waals surface area (Å²) >= 11 is 6.14. The second-order valence-corrected chi connectivity index (χ2v) is 7.39. The van der Waals surface area contributed by atoms with Gasteiger partial charge >= 0.3 is 0 Å². The first-order valence-electron chi connectivity index (χ1n) is 6.97. The molecule has 0 saturated carbocycles. The number of hydrogen-bond acceptors (Lipinski definition) is 3. The molecule has 0 aliphatic carbocycles. The lowest BCUT2D eigenvalue weighted by Gasteiger charge is -2.17. The van der Waals surface area contributed by atoms with E-state index in [-0.39, 0.29) is 16.5 Å². The maximum absolute atomic E-state index is 12.6. The highest BCUT2D eigenvalue weighted by molar-refractivity contribution is 7.89. The second kappa shape index (κ2) is 6.80. The molecule has 2 N–H and O–H groups in total. The first kappa shape index (κ1) is 16.3. The molecule has 1 aliphatic rings. The van der Waals surface area contributed by atoms with Gasteiger partial charge in [0.2, 0.25) is 10.0 Å². The van der Waals surface area contributed by atoms with Crippen LogP contribution in [0.2, 0.25) is 5.02 Å². The molecule has 4 nitrogen and oxygen atoms in total. The van der Waals surface area contributed by atoms with E-state index in [0.29, 0.717) is 24.6 Å². The molecule has 1 fully saturated rings. The highest BCUT2D eigenvalue weighted by Gasteiger charge is 2.32. The van der Waals surface area contributed by atoms with Gasteiger partial charge in [0.25, 0.3) is 0 Å². The van der Waals surface area contributed by atoms with E-state index in [9.17, 15) is 8.42 Å². The van der Waals surface area contributed by atoms with E-state index < -0.39 is 10.0 Å². The van der Waals surface area contributed by atoms with Crippen LogP contribution in [0.5, 0.6) is 0 Å². The molecule has 0 radical (unpaired) electrons. The summed E-state index contributed by atoms with van der Waals surface area (Å²) in [5.74, 6) is 6.00. The van der Waals surface area contributed by atoms with Gasteiger partial charge in [0.1, 0.15) is 4.90 Å². The van der Waals surface area contributed by atoms with Gasteiger partial charge < -0.3 is 5.73 Å². The number of nitrogens with zero attached hydrogens (tertiary/aromatic N) is 1. The summed E-state index contributed by atoms with van der Waals surface area (Å²) in [6.45, 7) is 3.47. The molecule has 0 aromatic heterocycles. The third kappa shape index (κ3) is 3.58. The average molecular weight is 327 g/mol. The van der Waals surface area contributed by atoms with Crippen molar-refractivity contribution in [1.29, 1.82) is 0 Å². The summed E-state index contributed by atoms with van der Waals surface area (Å²) in [7, 11) is -3.52. The molecule has 1 atom stereocenters. The molecule has 6 heteroatoms. The van der Waals surface area contributed by atoms with Crippen LogP contribution in [0.15, 0.2) is 23.1 Å². The zero-order valence-corrected chi connectivity index (χ0v) is 13.5. The Hall–Kier alpha value is -1.06. The standard InChI is InChI=1S/C15H19ClN2O2S/c1-2-12-7-9-18(11-12)21(19,20)15-6-5-13(4-3-8-17)10-14(15)16/h5-6,10,12H,2,7-9,11,17H2,1H3. The molecule has 21 heavy (non-hydrogen) atoms. The first-order valence-corrected chi connectivity index (χ1v) is 8.79. The van der Waals surface area contributed by atoms with Crippen LogP contribution in [-0.2, 0) is 10.0 Å². The van der Waals surface area contributed by atoms with Gasteiger partial charge in [-0.1, -0.05) is 36.8 Å². The van der Waals surface area contributed by atoms with Crippen LogP contribution in [0.4, 0.5) is 0 Å². The van der Waals surface area contributed by atoms with Crippen LogP contribution in [0.25, 0.3) is 0 Å². The largest absolute Gasteiger partial charge is 0.320 e. The zero-order chi connectivity index (χ0) is 15.5. The predicted molar refractivity (Wildman–Crippen MR) is 84.5 cm³/mol. The van der Waals surface area contributed by atoms with Crippen LogP contribution in [-0.4, -0.2) is 32.4 Å². The fourth-order valence-corrected chi connectivity index (χ4v) is 4.48. The summed E-state index contributed by atoms with van der Waals surface area (Å²) in [6.07, 6.45) is 1.90. The fraction of sp³-hybridized carbons (Fsp3) is 0.467. The van der Waals surface area contributed by atoms with Gasteiger partial charge in [-0.25, -0.2) is 8.42 Å². The topological polar surface area (TPSA) is 63.4 Å². The number of rotatable bonds is 3. The van der Waals surface area contributed by atoms with E-state index >= 15 is 0 Å². The van der Waals surface area contributed by atoms with E-state index in [1.165, 1.54) is 10.4 Å². The van der Waals surface area contributed by atoms with Gasteiger partial charge in [-0.05, 0) is 30.5 Å². The van der Waals surface area contributed by atoms with Gasteiger partial charge in [-0.15, -0.1) is 0 Å². The van der Waals surface area contributed by atoms with Gasteiger partial charge in [0, 0.05) is 18.7 Å². The lowest BCUT2D eigenvalue weighted by molar-refractivity contribution is 0.453. The van der Waals surface area contributed by atoms with Gasteiger partial charge in [-0.2, -0.15) is 4.31 Å². The van der Waals surface area contributed by atoms with Crippen molar-refractivity contribution in [2.75, 3.05) is 19.6 Å². The van der Waals surface area contributed by atoms with Crippen LogP contribution >= 0.6 is 11.6 Å². The van der Waals surface area contributed by atoms with Crippen LogP contribution in [0, 0.1) is 17.8 Å². The van der Waals surface area contributed by atoms with E-state index in [0.717, 1.165) is 12.8 Å². The van der Waals surface area contributed by atoms with E-state index in [2.05, 4.69) is 18.8 Å². The van der Waals surface area contributed by atoms with E-state index in [4.69, 9.17) is 17.3 Å². The van der Waals surface area contributed by atoms with Gasteiger partial charge in [0.05, 0.1) is 11.6 Å². The number of halogens is 1. The summed E-state index contributed by atoms with van der Waals surface area (Å²) in [5, 5.41) is 0.207. The highest BCUT2D eigenvalue weighted by atomic mass is 35.5. The number of sulfonamides is 1. The van der Waals surface area contributed by atoms with Crippen molar-refractivity contribution in [3.63, 3.8) is 0 Å². The zero-order valence-electron chi connectivity index (χ0n) is 12.0. The van der Waals surface area contributed by atoms with Crippen molar-refractivity contribution in [3.05, 3.63) is 28.8 Å². The molecule has 1 heterocycles. The van der Waals surface area contributed by atoms with E-state index in [1.807, 2.05) is 0 Å². The molecule has 1 aromatic carbocycles. The molecule has 1 saturated heterocycles. The Morgan fingerprint density at radius 2 is 2.24 bits per heavy atom. The van der Waals surface area contributed by atoms with Crippen LogP contribution < -0.4 is 5.73 Å². The Kier molecular flexibility index (Phi) is 5.28. The molecular weight excluding hydrogens is 308 g/mol. The average Bonchev–Trinajstić information content (AvgIpc) is 2.94. The fourth-order valence-electron chi connectivity index (χ4n) is 2.43. The Morgan fingerprint density at radius 3 is 2.81 bits per heavy atom. The Morgan fingerprint density at radius 1 is 1.48 bits per heavy atom.